The molecule has 1 amide bonds. The number of nitrogens with zero attached hydrogens (tertiary/aromatic N) is 2. The molecule has 2 heterocycles. The maximum Gasteiger partial charge on any atom is 0.308 e. The fourth-order valence-corrected chi connectivity index (χ4v) is 4.12. The molecule has 0 bridgehead atoms. The first kappa shape index (κ1) is 16.8. The average Bonchev–Trinajstić information content (AvgIpc) is 3.26. The van der Waals surface area contributed by atoms with Crippen molar-refractivity contribution in [3.8, 4) is 0 Å². The number of halogens is 1. The van der Waals surface area contributed by atoms with Crippen LogP contribution in [0.3, 0.4) is 0 Å². The number of aromatic nitrogens is 2. The molecule has 1 aliphatic carbocycles. The minimum Gasteiger partial charge on any atom is -0.481 e. The van der Waals surface area contributed by atoms with Crippen molar-refractivity contribution >= 4 is 11.9 Å². The Morgan fingerprint density at radius 1 is 1.19 bits per heavy atom. The summed E-state index contributed by atoms with van der Waals surface area (Å²) in [5.41, 5.74) is 2.68. The summed E-state index contributed by atoms with van der Waals surface area (Å²) in [5, 5.41) is 16.7. The summed E-state index contributed by atoms with van der Waals surface area (Å²) in [6.07, 6.45) is 3.77. The van der Waals surface area contributed by atoms with E-state index in [0.29, 0.717) is 11.3 Å². The Bertz CT molecular complexity index is 863. The van der Waals surface area contributed by atoms with Crippen LogP contribution in [0.2, 0.25) is 0 Å². The largest absolute Gasteiger partial charge is 0.481 e. The van der Waals surface area contributed by atoms with Crippen LogP contribution in [0.5, 0.6) is 0 Å². The van der Waals surface area contributed by atoms with Crippen LogP contribution in [0.25, 0.3) is 0 Å². The zero-order valence-electron chi connectivity index (χ0n) is 14.2. The molecule has 1 aromatic carbocycles. The number of aromatic amines is 1. The van der Waals surface area contributed by atoms with Crippen molar-refractivity contribution in [3.63, 3.8) is 0 Å². The molecule has 136 valence electrons. The van der Waals surface area contributed by atoms with E-state index < -0.39 is 23.6 Å². The van der Waals surface area contributed by atoms with Crippen LogP contribution < -0.4 is 0 Å². The van der Waals surface area contributed by atoms with Crippen LogP contribution in [0, 0.1) is 11.7 Å². The van der Waals surface area contributed by atoms with E-state index in [9.17, 15) is 19.1 Å². The molecule has 1 aromatic heterocycles. The van der Waals surface area contributed by atoms with Crippen LogP contribution in [0.1, 0.15) is 46.1 Å². The van der Waals surface area contributed by atoms with E-state index in [2.05, 4.69) is 10.2 Å². The lowest BCUT2D eigenvalue weighted by Gasteiger charge is -2.17. The van der Waals surface area contributed by atoms with Crippen LogP contribution in [-0.2, 0) is 17.6 Å². The molecular formula is C19H20FN3O3. The van der Waals surface area contributed by atoms with Crippen LogP contribution in [-0.4, -0.2) is 45.2 Å². The van der Waals surface area contributed by atoms with Gasteiger partial charge in [0.2, 0.25) is 0 Å². The third-order valence-electron chi connectivity index (χ3n) is 5.49. The Balaban J connectivity index is 1.62. The van der Waals surface area contributed by atoms with Gasteiger partial charge in [-0.25, -0.2) is 4.39 Å². The number of carboxylic acids is 1. The van der Waals surface area contributed by atoms with Gasteiger partial charge in [0.15, 0.2) is 5.69 Å². The zero-order valence-corrected chi connectivity index (χ0v) is 14.2. The molecule has 2 N–H and O–H groups in total. The summed E-state index contributed by atoms with van der Waals surface area (Å²) in [6, 6.07) is 6.18. The van der Waals surface area contributed by atoms with Crippen LogP contribution >= 0.6 is 0 Å². The summed E-state index contributed by atoms with van der Waals surface area (Å²) in [7, 11) is 0. The lowest BCUT2D eigenvalue weighted by atomic mass is 9.89. The van der Waals surface area contributed by atoms with Gasteiger partial charge in [-0.2, -0.15) is 5.10 Å². The van der Waals surface area contributed by atoms with E-state index in [-0.39, 0.29) is 19.0 Å². The smallest absolute Gasteiger partial charge is 0.308 e. The number of nitrogens with one attached hydrogen (secondary N) is 1. The number of rotatable bonds is 3. The second-order valence-electron chi connectivity index (χ2n) is 7.02. The van der Waals surface area contributed by atoms with Crippen molar-refractivity contribution in [1.29, 1.82) is 0 Å². The van der Waals surface area contributed by atoms with E-state index in [0.717, 1.165) is 36.9 Å². The number of carbonyl (C=O) groups excluding carboxylic acids is 1. The molecule has 2 atom stereocenters. The second-order valence-corrected chi connectivity index (χ2v) is 7.02. The number of likely N-dealkylation sites (tertiary alicyclic amines) is 1. The molecule has 1 fully saturated rings. The normalized spacial score (nSPS) is 22.3. The van der Waals surface area contributed by atoms with Gasteiger partial charge < -0.3 is 10.0 Å². The van der Waals surface area contributed by atoms with E-state index in [4.69, 9.17) is 0 Å². The predicted molar refractivity (Wildman–Crippen MR) is 91.4 cm³/mol. The van der Waals surface area contributed by atoms with Crippen molar-refractivity contribution in [2.45, 2.75) is 31.6 Å². The highest BCUT2D eigenvalue weighted by Crippen LogP contribution is 2.35. The van der Waals surface area contributed by atoms with Crippen molar-refractivity contribution in [2.24, 2.45) is 5.92 Å². The van der Waals surface area contributed by atoms with Gasteiger partial charge in [0.05, 0.1) is 5.92 Å². The SMILES string of the molecule is O=C(O)[C@H]1CN(C(=O)c2n[nH]c3c2CCCC3)C[C@@H]1c1ccccc1F. The molecule has 7 heteroatoms. The van der Waals surface area contributed by atoms with Crippen molar-refractivity contribution in [1.82, 2.24) is 15.1 Å². The Hall–Kier alpha value is -2.70. The fraction of sp³-hybridized carbons (Fsp3) is 0.421. The lowest BCUT2D eigenvalue weighted by molar-refractivity contribution is -0.141. The molecular weight excluding hydrogens is 337 g/mol. The van der Waals surface area contributed by atoms with E-state index >= 15 is 0 Å². The van der Waals surface area contributed by atoms with E-state index in [1.165, 1.54) is 11.0 Å². The first-order valence-electron chi connectivity index (χ1n) is 8.89. The fourth-order valence-electron chi connectivity index (χ4n) is 4.12. The highest BCUT2D eigenvalue weighted by atomic mass is 19.1. The molecule has 0 saturated carbocycles. The molecule has 1 saturated heterocycles. The molecule has 0 unspecified atom stereocenters. The Morgan fingerprint density at radius 3 is 2.73 bits per heavy atom. The van der Waals surface area contributed by atoms with Crippen molar-refractivity contribution in [2.75, 3.05) is 13.1 Å². The maximum atomic E-state index is 14.2. The van der Waals surface area contributed by atoms with Crippen molar-refractivity contribution < 1.29 is 19.1 Å². The number of carbonyl (C=O) groups is 2. The van der Waals surface area contributed by atoms with Crippen molar-refractivity contribution in [3.05, 3.63) is 52.6 Å². The number of carboxylic acid groups (broad SMARTS) is 1. The number of hydrogen-bond acceptors (Lipinski definition) is 3. The van der Waals surface area contributed by atoms with Gasteiger partial charge in [0.1, 0.15) is 5.82 Å². The molecule has 2 aromatic rings. The lowest BCUT2D eigenvalue weighted by Crippen LogP contribution is -2.31. The quantitative estimate of drug-likeness (QED) is 0.883. The maximum absolute atomic E-state index is 14.2. The third kappa shape index (κ3) is 2.77. The third-order valence-corrected chi connectivity index (χ3v) is 5.49. The average molecular weight is 357 g/mol. The van der Waals surface area contributed by atoms with Crippen LogP contribution in [0.4, 0.5) is 4.39 Å². The summed E-state index contributed by atoms with van der Waals surface area (Å²) in [6.45, 7) is 0.243. The topological polar surface area (TPSA) is 86.3 Å². The van der Waals surface area contributed by atoms with Gasteiger partial charge in [0.25, 0.3) is 5.91 Å². The predicted octanol–water partition coefficient (Wildman–Crippen LogP) is 2.37. The highest BCUT2D eigenvalue weighted by Gasteiger charge is 2.42. The van der Waals surface area contributed by atoms with Gasteiger partial charge in [-0.3, -0.25) is 14.7 Å². The Labute approximate surface area is 150 Å². The molecule has 2 aliphatic rings. The number of H-pyrrole nitrogens is 1. The standard InChI is InChI=1S/C19H20FN3O3/c20-15-7-3-1-5-11(15)13-9-23(10-14(13)19(25)26)18(24)17-12-6-2-4-8-16(12)21-22-17/h1,3,5,7,13-14H,2,4,6,8-10H2,(H,21,22)(H,25,26)/t13-,14+/m1/s1. The molecule has 26 heavy (non-hydrogen) atoms. The summed E-state index contributed by atoms with van der Waals surface area (Å²) in [4.78, 5) is 26.2. The number of fused-ring (bicyclic) bond motifs is 1. The van der Waals surface area contributed by atoms with Crippen LogP contribution in [0.15, 0.2) is 24.3 Å². The summed E-state index contributed by atoms with van der Waals surface area (Å²) >= 11 is 0. The summed E-state index contributed by atoms with van der Waals surface area (Å²) < 4.78 is 14.2. The van der Waals surface area contributed by atoms with Gasteiger partial charge in [-0.1, -0.05) is 18.2 Å². The summed E-state index contributed by atoms with van der Waals surface area (Å²) in [5.74, 6) is -3.11. The van der Waals surface area contributed by atoms with Gasteiger partial charge in [-0.05, 0) is 37.3 Å². The number of benzene rings is 1. The number of aliphatic carboxylic acids is 1. The Kier molecular flexibility index (Phi) is 4.22. The molecule has 1 aliphatic heterocycles. The molecule has 4 rings (SSSR count). The van der Waals surface area contributed by atoms with Gasteiger partial charge in [-0.15, -0.1) is 0 Å². The van der Waals surface area contributed by atoms with Gasteiger partial charge in [0, 0.05) is 30.3 Å². The molecule has 0 radical (unpaired) electrons. The highest BCUT2D eigenvalue weighted by molar-refractivity contribution is 5.95. The second kappa shape index (κ2) is 6.55. The first-order valence-corrected chi connectivity index (χ1v) is 8.89. The minimum atomic E-state index is -1.02. The number of hydrogen-bond donors (Lipinski definition) is 2. The first-order chi connectivity index (χ1) is 12.6. The van der Waals surface area contributed by atoms with E-state index in [1.54, 1.807) is 18.2 Å². The minimum absolute atomic E-state index is 0.0643. The molecule has 0 spiro atoms. The molecule has 6 nitrogen and oxygen atoms in total. The monoisotopic (exact) mass is 357 g/mol. The number of aryl methyl sites for hydroxylation is 1. The number of amides is 1. The van der Waals surface area contributed by atoms with E-state index in [1.807, 2.05) is 0 Å². The Morgan fingerprint density at radius 2 is 1.96 bits per heavy atom. The van der Waals surface area contributed by atoms with Gasteiger partial charge >= 0.3 is 5.97 Å². The zero-order chi connectivity index (χ0) is 18.3.